The van der Waals surface area contributed by atoms with Gasteiger partial charge in [0.1, 0.15) is 11.7 Å². The minimum atomic E-state index is -0.849. The molecule has 1 aliphatic carbocycles. The lowest BCUT2D eigenvalue weighted by Crippen LogP contribution is -2.21. The van der Waals surface area contributed by atoms with Crippen LogP contribution in [0.15, 0.2) is 0 Å². The Morgan fingerprint density at radius 3 is 2.67 bits per heavy atom. The van der Waals surface area contributed by atoms with Gasteiger partial charge in [-0.3, -0.25) is 9.89 Å². The highest BCUT2D eigenvalue weighted by Gasteiger charge is 2.34. The summed E-state index contributed by atoms with van der Waals surface area (Å²) in [6, 6.07) is 0. The van der Waals surface area contributed by atoms with Gasteiger partial charge in [0, 0.05) is 0 Å². The zero-order valence-corrected chi connectivity index (χ0v) is 8.31. The number of nitrogen functional groups attached to an aromatic ring is 1. The number of nitrogens with one attached hydrogen (secondary N) is 1. The Kier molecular flexibility index (Phi) is 2.57. The Morgan fingerprint density at radius 2 is 2.20 bits per heavy atom. The van der Waals surface area contributed by atoms with Gasteiger partial charge in [0.25, 0.3) is 0 Å². The van der Waals surface area contributed by atoms with Gasteiger partial charge >= 0.3 is 5.97 Å². The van der Waals surface area contributed by atoms with Crippen LogP contribution in [0, 0.1) is 5.92 Å². The van der Waals surface area contributed by atoms with Crippen LogP contribution in [-0.2, 0) is 4.79 Å². The number of carboxylic acid groups (broad SMARTS) is 1. The van der Waals surface area contributed by atoms with Gasteiger partial charge in [-0.1, -0.05) is 12.8 Å². The van der Waals surface area contributed by atoms with Gasteiger partial charge < -0.3 is 10.8 Å². The molecule has 1 heterocycles. The van der Waals surface area contributed by atoms with E-state index in [4.69, 9.17) is 10.8 Å². The maximum Gasteiger partial charge on any atom is 0.314 e. The first kappa shape index (κ1) is 9.95. The molecular weight excluding hydrogens is 196 g/mol. The number of aliphatic carboxylic acids is 1. The van der Waals surface area contributed by atoms with Crippen LogP contribution in [-0.4, -0.2) is 26.3 Å². The molecule has 2 rings (SSSR count). The topological polar surface area (TPSA) is 105 Å². The largest absolute Gasteiger partial charge is 0.481 e. The standard InChI is InChI=1S/C9H14N4O2/c10-9-11-7(12-13-9)6(8(14)15)5-3-1-2-4-5/h5-6H,1-4H2,(H,14,15)(H3,10,11,12,13). The lowest BCUT2D eigenvalue weighted by Gasteiger charge is -2.15. The molecule has 1 aromatic heterocycles. The highest BCUT2D eigenvalue weighted by molar-refractivity contribution is 5.75. The normalized spacial score (nSPS) is 19.2. The molecule has 82 valence electrons. The second kappa shape index (κ2) is 3.88. The molecule has 4 N–H and O–H groups in total. The molecule has 1 fully saturated rings. The predicted octanol–water partition coefficient (Wildman–Crippen LogP) is 0.745. The van der Waals surface area contributed by atoms with Crippen LogP contribution in [0.25, 0.3) is 0 Å². The fraction of sp³-hybridized carbons (Fsp3) is 0.667. The van der Waals surface area contributed by atoms with Gasteiger partial charge in [-0.25, -0.2) is 0 Å². The fourth-order valence-corrected chi connectivity index (χ4v) is 2.26. The molecule has 1 unspecified atom stereocenters. The Balaban J connectivity index is 2.22. The molecular formula is C9H14N4O2. The summed E-state index contributed by atoms with van der Waals surface area (Å²) in [5, 5.41) is 15.4. The maximum absolute atomic E-state index is 11.2. The Hall–Kier alpha value is -1.59. The van der Waals surface area contributed by atoms with Crippen LogP contribution in [0.3, 0.4) is 0 Å². The van der Waals surface area contributed by atoms with Crippen LogP contribution < -0.4 is 5.73 Å². The first-order valence-corrected chi connectivity index (χ1v) is 5.09. The first-order valence-electron chi connectivity index (χ1n) is 5.09. The predicted molar refractivity (Wildman–Crippen MR) is 53.1 cm³/mol. The lowest BCUT2D eigenvalue weighted by atomic mass is 9.90. The summed E-state index contributed by atoms with van der Waals surface area (Å²) in [5.74, 6) is -0.786. The summed E-state index contributed by atoms with van der Waals surface area (Å²) in [6.07, 6.45) is 4.07. The lowest BCUT2D eigenvalue weighted by molar-refractivity contribution is -0.140. The van der Waals surface area contributed by atoms with Crippen molar-refractivity contribution in [1.82, 2.24) is 15.2 Å². The summed E-state index contributed by atoms with van der Waals surface area (Å²) >= 11 is 0. The minimum absolute atomic E-state index is 0.106. The number of carboxylic acids is 1. The summed E-state index contributed by atoms with van der Waals surface area (Å²) in [4.78, 5) is 15.1. The van der Waals surface area contributed by atoms with Gasteiger partial charge in [-0.15, -0.1) is 5.10 Å². The van der Waals surface area contributed by atoms with E-state index in [9.17, 15) is 4.79 Å². The molecule has 6 nitrogen and oxygen atoms in total. The van der Waals surface area contributed by atoms with Crippen molar-refractivity contribution in [3.05, 3.63) is 5.82 Å². The number of carbonyl (C=O) groups is 1. The van der Waals surface area contributed by atoms with Gasteiger partial charge in [-0.2, -0.15) is 4.98 Å². The number of hydrogen-bond donors (Lipinski definition) is 3. The molecule has 0 amide bonds. The van der Waals surface area contributed by atoms with Crippen molar-refractivity contribution in [2.75, 3.05) is 5.73 Å². The molecule has 1 aliphatic rings. The third-order valence-electron chi connectivity index (χ3n) is 2.95. The number of aromatic nitrogens is 3. The summed E-state index contributed by atoms with van der Waals surface area (Å²) in [5.41, 5.74) is 5.37. The minimum Gasteiger partial charge on any atom is -0.481 e. The average Bonchev–Trinajstić information content (AvgIpc) is 2.77. The van der Waals surface area contributed by atoms with E-state index in [1.807, 2.05) is 0 Å². The molecule has 6 heteroatoms. The highest BCUT2D eigenvalue weighted by atomic mass is 16.4. The van der Waals surface area contributed by atoms with Gasteiger partial charge in [-0.05, 0) is 18.8 Å². The zero-order chi connectivity index (χ0) is 10.8. The van der Waals surface area contributed by atoms with Crippen molar-refractivity contribution < 1.29 is 9.90 Å². The summed E-state index contributed by atoms with van der Waals surface area (Å²) < 4.78 is 0. The van der Waals surface area contributed by atoms with E-state index in [1.165, 1.54) is 0 Å². The van der Waals surface area contributed by atoms with E-state index < -0.39 is 11.9 Å². The van der Waals surface area contributed by atoms with Crippen LogP contribution in [0.1, 0.15) is 37.4 Å². The summed E-state index contributed by atoms with van der Waals surface area (Å²) in [6.45, 7) is 0. The molecule has 15 heavy (non-hydrogen) atoms. The number of nitrogens with two attached hydrogens (primary N) is 1. The van der Waals surface area contributed by atoms with Crippen molar-refractivity contribution in [2.24, 2.45) is 5.92 Å². The number of aromatic amines is 1. The average molecular weight is 210 g/mol. The van der Waals surface area contributed by atoms with E-state index in [0.717, 1.165) is 25.7 Å². The highest BCUT2D eigenvalue weighted by Crippen LogP contribution is 2.36. The number of hydrogen-bond acceptors (Lipinski definition) is 4. The van der Waals surface area contributed by atoms with E-state index in [0.29, 0.717) is 5.82 Å². The molecule has 0 bridgehead atoms. The molecule has 0 radical (unpaired) electrons. The maximum atomic E-state index is 11.2. The van der Waals surface area contributed by atoms with Crippen LogP contribution >= 0.6 is 0 Å². The Labute approximate surface area is 86.9 Å². The van der Waals surface area contributed by atoms with E-state index >= 15 is 0 Å². The smallest absolute Gasteiger partial charge is 0.314 e. The SMILES string of the molecule is Nc1n[nH]c(C(C(=O)O)C2CCCC2)n1. The van der Waals surface area contributed by atoms with Gasteiger partial charge in [0.2, 0.25) is 5.95 Å². The number of nitrogens with zero attached hydrogens (tertiary/aromatic N) is 2. The number of anilines is 1. The second-order valence-corrected chi connectivity index (χ2v) is 3.94. The number of rotatable bonds is 3. The second-order valence-electron chi connectivity index (χ2n) is 3.94. The Morgan fingerprint density at radius 1 is 1.53 bits per heavy atom. The molecule has 1 aromatic rings. The quantitative estimate of drug-likeness (QED) is 0.682. The van der Waals surface area contributed by atoms with Crippen molar-refractivity contribution in [3.63, 3.8) is 0 Å². The zero-order valence-electron chi connectivity index (χ0n) is 8.31. The van der Waals surface area contributed by atoms with Gasteiger partial charge in [0.05, 0.1) is 0 Å². The summed E-state index contributed by atoms with van der Waals surface area (Å²) in [7, 11) is 0. The molecule has 1 saturated carbocycles. The fourth-order valence-electron chi connectivity index (χ4n) is 2.26. The van der Waals surface area contributed by atoms with Crippen molar-refractivity contribution >= 4 is 11.9 Å². The molecule has 0 aliphatic heterocycles. The molecule has 0 aromatic carbocycles. The number of H-pyrrole nitrogens is 1. The van der Waals surface area contributed by atoms with E-state index in [2.05, 4.69) is 15.2 Å². The van der Waals surface area contributed by atoms with Crippen LogP contribution in [0.5, 0.6) is 0 Å². The van der Waals surface area contributed by atoms with Crippen molar-refractivity contribution in [2.45, 2.75) is 31.6 Å². The molecule has 0 spiro atoms. The Bertz CT molecular complexity index is 357. The van der Waals surface area contributed by atoms with Crippen molar-refractivity contribution in [1.29, 1.82) is 0 Å². The third-order valence-corrected chi connectivity index (χ3v) is 2.95. The van der Waals surface area contributed by atoms with Crippen LogP contribution in [0.4, 0.5) is 5.95 Å². The molecule has 1 atom stereocenters. The van der Waals surface area contributed by atoms with Crippen molar-refractivity contribution in [3.8, 4) is 0 Å². The monoisotopic (exact) mass is 210 g/mol. The third kappa shape index (κ3) is 1.93. The van der Waals surface area contributed by atoms with Crippen LogP contribution in [0.2, 0.25) is 0 Å². The van der Waals surface area contributed by atoms with E-state index in [1.54, 1.807) is 0 Å². The van der Waals surface area contributed by atoms with E-state index in [-0.39, 0.29) is 11.9 Å². The van der Waals surface area contributed by atoms with Gasteiger partial charge in [0.15, 0.2) is 0 Å². The molecule has 0 saturated heterocycles. The first-order chi connectivity index (χ1) is 7.18.